The molecule has 11 heteroatoms. The molecule has 0 atom stereocenters. The van der Waals surface area contributed by atoms with E-state index in [1.54, 1.807) is 0 Å². The number of nitrogen functional groups attached to an aromatic ring is 1. The monoisotopic (exact) mass is 337 g/mol. The van der Waals surface area contributed by atoms with Gasteiger partial charge in [-0.3, -0.25) is 10.1 Å². The van der Waals surface area contributed by atoms with E-state index in [2.05, 4.69) is 0 Å². The molecule has 1 aromatic carbocycles. The highest BCUT2D eigenvalue weighted by molar-refractivity contribution is 7.91. The average molecular weight is 337 g/mol. The third-order valence-electron chi connectivity index (χ3n) is 2.68. The molecule has 0 saturated carbocycles. The Balaban J connectivity index is 3.13. The molecule has 21 heavy (non-hydrogen) atoms. The van der Waals surface area contributed by atoms with Crippen molar-refractivity contribution < 1.29 is 21.8 Å². The zero-order chi connectivity index (χ0) is 16.4. The van der Waals surface area contributed by atoms with E-state index in [4.69, 9.17) is 5.73 Å². The predicted molar refractivity (Wildman–Crippen MR) is 77.0 cm³/mol. The van der Waals surface area contributed by atoms with Crippen LogP contribution < -0.4 is 5.73 Å². The quantitative estimate of drug-likeness (QED) is 0.432. The Morgan fingerprint density at radius 1 is 1.29 bits per heavy atom. The van der Waals surface area contributed by atoms with E-state index >= 15 is 0 Å². The lowest BCUT2D eigenvalue weighted by atomic mass is 10.3. The number of sulfone groups is 1. The third-order valence-corrected chi connectivity index (χ3v) is 5.46. The number of hydrogen-bond donors (Lipinski definition) is 1. The summed E-state index contributed by atoms with van der Waals surface area (Å²) >= 11 is 0. The summed E-state index contributed by atoms with van der Waals surface area (Å²) in [6.07, 6.45) is 0.988. The van der Waals surface area contributed by atoms with Crippen LogP contribution >= 0.6 is 0 Å². The van der Waals surface area contributed by atoms with Gasteiger partial charge in [-0.2, -0.15) is 4.31 Å². The van der Waals surface area contributed by atoms with Crippen molar-refractivity contribution in [3.05, 3.63) is 28.3 Å². The van der Waals surface area contributed by atoms with Crippen molar-refractivity contribution >= 4 is 31.2 Å². The minimum atomic E-state index is -4.03. The Kier molecular flexibility index (Phi) is 4.91. The van der Waals surface area contributed by atoms with Crippen molar-refractivity contribution in [2.45, 2.75) is 4.90 Å². The maximum Gasteiger partial charge on any atom is 0.293 e. The molecule has 0 aliphatic carbocycles. The predicted octanol–water partition coefficient (Wildman–Crippen LogP) is -0.158. The number of sulfonamides is 1. The molecule has 0 aliphatic heterocycles. The number of benzene rings is 1. The molecule has 0 fully saturated rings. The number of hydrogen-bond acceptors (Lipinski definition) is 7. The highest BCUT2D eigenvalue weighted by Gasteiger charge is 2.25. The molecule has 0 bridgehead atoms. The van der Waals surface area contributed by atoms with Crippen LogP contribution in [0.2, 0.25) is 0 Å². The van der Waals surface area contributed by atoms with Crippen molar-refractivity contribution in [1.29, 1.82) is 0 Å². The van der Waals surface area contributed by atoms with Gasteiger partial charge in [0.25, 0.3) is 5.69 Å². The van der Waals surface area contributed by atoms with Gasteiger partial charge in [0, 0.05) is 25.9 Å². The molecule has 118 valence electrons. The molecule has 0 heterocycles. The van der Waals surface area contributed by atoms with Crippen LogP contribution in [0.25, 0.3) is 0 Å². The zero-order valence-electron chi connectivity index (χ0n) is 11.4. The van der Waals surface area contributed by atoms with E-state index in [1.807, 2.05) is 0 Å². The van der Waals surface area contributed by atoms with E-state index in [9.17, 15) is 26.9 Å². The molecule has 1 rings (SSSR count). The lowest BCUT2D eigenvalue weighted by Gasteiger charge is -2.16. The smallest absolute Gasteiger partial charge is 0.293 e. The van der Waals surface area contributed by atoms with Gasteiger partial charge in [0.1, 0.15) is 15.5 Å². The van der Waals surface area contributed by atoms with Crippen molar-refractivity contribution in [2.75, 3.05) is 31.3 Å². The summed E-state index contributed by atoms with van der Waals surface area (Å²) in [4.78, 5) is 9.66. The molecule has 0 aromatic heterocycles. The van der Waals surface area contributed by atoms with E-state index < -0.39 is 30.5 Å². The fourth-order valence-electron chi connectivity index (χ4n) is 1.44. The minimum Gasteiger partial charge on any atom is -0.393 e. The largest absolute Gasteiger partial charge is 0.393 e. The third kappa shape index (κ3) is 4.37. The summed E-state index contributed by atoms with van der Waals surface area (Å²) in [7, 11) is -6.15. The van der Waals surface area contributed by atoms with Gasteiger partial charge in [-0.25, -0.2) is 16.8 Å². The molecular weight excluding hydrogens is 322 g/mol. The second kappa shape index (κ2) is 5.95. The van der Waals surface area contributed by atoms with Crippen LogP contribution in [0, 0.1) is 10.1 Å². The molecule has 0 radical (unpaired) electrons. The molecule has 0 spiro atoms. The first-order chi connectivity index (χ1) is 9.45. The number of nitro benzene ring substituents is 1. The molecule has 0 aliphatic rings. The fourth-order valence-corrected chi connectivity index (χ4v) is 3.35. The van der Waals surface area contributed by atoms with E-state index in [0.717, 1.165) is 28.8 Å². The Morgan fingerprint density at radius 2 is 1.86 bits per heavy atom. The highest BCUT2D eigenvalue weighted by atomic mass is 32.2. The van der Waals surface area contributed by atoms with Crippen LogP contribution in [0.3, 0.4) is 0 Å². The molecule has 0 amide bonds. The van der Waals surface area contributed by atoms with Gasteiger partial charge in [-0.1, -0.05) is 0 Å². The summed E-state index contributed by atoms with van der Waals surface area (Å²) in [5.74, 6) is -0.347. The molecule has 1 aromatic rings. The summed E-state index contributed by atoms with van der Waals surface area (Å²) in [6, 6.07) is 3.10. The first-order valence-electron chi connectivity index (χ1n) is 5.63. The topological polar surface area (TPSA) is 141 Å². The second-order valence-corrected chi connectivity index (χ2v) is 8.74. The Morgan fingerprint density at radius 3 is 2.33 bits per heavy atom. The van der Waals surface area contributed by atoms with Crippen LogP contribution in [-0.4, -0.2) is 51.7 Å². The van der Waals surface area contributed by atoms with Gasteiger partial charge in [0.2, 0.25) is 10.0 Å². The molecule has 9 nitrogen and oxygen atoms in total. The standard InChI is InChI=1S/C10H15N3O6S2/c1-12(5-6-20(2,16)17)21(18,19)8-3-4-9(11)10(7-8)13(14)15/h3-4,7H,5-6,11H2,1-2H3. The van der Waals surface area contributed by atoms with Crippen LogP contribution in [0.15, 0.2) is 23.1 Å². The number of anilines is 1. The lowest BCUT2D eigenvalue weighted by Crippen LogP contribution is -2.31. The fraction of sp³-hybridized carbons (Fsp3) is 0.400. The van der Waals surface area contributed by atoms with Gasteiger partial charge in [0.15, 0.2) is 0 Å². The normalized spacial score (nSPS) is 12.5. The van der Waals surface area contributed by atoms with Gasteiger partial charge >= 0.3 is 0 Å². The lowest BCUT2D eigenvalue weighted by molar-refractivity contribution is -0.384. The van der Waals surface area contributed by atoms with Crippen LogP contribution in [0.4, 0.5) is 11.4 Å². The number of nitro groups is 1. The Hall–Kier alpha value is -1.72. The molecule has 0 saturated heterocycles. The zero-order valence-corrected chi connectivity index (χ0v) is 13.0. The van der Waals surface area contributed by atoms with E-state index in [1.165, 1.54) is 7.05 Å². The number of nitrogens with two attached hydrogens (primary N) is 1. The van der Waals surface area contributed by atoms with Crippen molar-refractivity contribution in [3.63, 3.8) is 0 Å². The van der Waals surface area contributed by atoms with E-state index in [0.29, 0.717) is 0 Å². The summed E-state index contributed by atoms with van der Waals surface area (Å²) < 4.78 is 47.3. The van der Waals surface area contributed by atoms with Gasteiger partial charge in [-0.15, -0.1) is 0 Å². The second-order valence-electron chi connectivity index (χ2n) is 4.43. The Labute approximate surface area is 122 Å². The number of rotatable bonds is 6. The van der Waals surface area contributed by atoms with Crippen LogP contribution in [0.1, 0.15) is 0 Å². The van der Waals surface area contributed by atoms with Crippen molar-refractivity contribution in [2.24, 2.45) is 0 Å². The summed E-state index contributed by atoms with van der Waals surface area (Å²) in [5.41, 5.74) is 4.72. The summed E-state index contributed by atoms with van der Waals surface area (Å²) in [6.45, 7) is -0.251. The SMILES string of the molecule is CN(CCS(C)(=O)=O)S(=O)(=O)c1ccc(N)c([N+](=O)[O-])c1. The van der Waals surface area contributed by atoms with Gasteiger partial charge in [-0.05, 0) is 12.1 Å². The first-order valence-corrected chi connectivity index (χ1v) is 9.13. The maximum absolute atomic E-state index is 12.2. The molecular formula is C10H15N3O6S2. The van der Waals surface area contributed by atoms with Crippen molar-refractivity contribution in [3.8, 4) is 0 Å². The van der Waals surface area contributed by atoms with Gasteiger partial charge in [0.05, 0.1) is 15.6 Å². The van der Waals surface area contributed by atoms with E-state index in [-0.39, 0.29) is 22.9 Å². The number of nitrogens with zero attached hydrogens (tertiary/aromatic N) is 2. The average Bonchev–Trinajstić information content (AvgIpc) is 2.34. The minimum absolute atomic E-state index is 0.155. The van der Waals surface area contributed by atoms with Crippen molar-refractivity contribution in [1.82, 2.24) is 4.31 Å². The van der Waals surface area contributed by atoms with Crippen LogP contribution in [-0.2, 0) is 19.9 Å². The first kappa shape index (κ1) is 17.3. The van der Waals surface area contributed by atoms with Gasteiger partial charge < -0.3 is 5.73 Å². The maximum atomic E-state index is 12.2. The van der Waals surface area contributed by atoms with Crippen LogP contribution in [0.5, 0.6) is 0 Å². The highest BCUT2D eigenvalue weighted by Crippen LogP contribution is 2.26. The summed E-state index contributed by atoms with van der Waals surface area (Å²) in [5, 5.41) is 10.8. The molecule has 0 unspecified atom stereocenters. The molecule has 2 N–H and O–H groups in total. The Bertz CT molecular complexity index is 757.